The van der Waals surface area contributed by atoms with Gasteiger partial charge in [0.25, 0.3) is 11.5 Å². The van der Waals surface area contributed by atoms with E-state index in [0.717, 1.165) is 32.1 Å². The molecule has 1 fully saturated rings. The van der Waals surface area contributed by atoms with Crippen LogP contribution in [0.1, 0.15) is 67.1 Å². The number of amides is 1. The number of fused-ring (bicyclic) bond motifs is 1. The van der Waals surface area contributed by atoms with E-state index in [9.17, 15) is 9.59 Å². The Morgan fingerprint density at radius 3 is 2.83 bits per heavy atom. The van der Waals surface area contributed by atoms with Gasteiger partial charge >= 0.3 is 0 Å². The predicted octanol–water partition coefficient (Wildman–Crippen LogP) is 2.35. The van der Waals surface area contributed by atoms with Crippen LogP contribution in [-0.2, 0) is 6.42 Å². The Morgan fingerprint density at radius 2 is 2.13 bits per heavy atom. The summed E-state index contributed by atoms with van der Waals surface area (Å²) in [6.07, 6.45) is 8.80. The van der Waals surface area contributed by atoms with E-state index < -0.39 is 0 Å². The van der Waals surface area contributed by atoms with Gasteiger partial charge < -0.3 is 5.32 Å². The Kier molecular flexibility index (Phi) is 4.50. The van der Waals surface area contributed by atoms with Crippen molar-refractivity contribution >= 4 is 11.6 Å². The molecule has 3 rings (SSSR count). The van der Waals surface area contributed by atoms with Gasteiger partial charge in [-0.3, -0.25) is 14.7 Å². The molecule has 1 saturated carbocycles. The van der Waals surface area contributed by atoms with Crippen molar-refractivity contribution in [3.63, 3.8) is 0 Å². The van der Waals surface area contributed by atoms with Crippen LogP contribution in [-0.4, -0.2) is 26.5 Å². The van der Waals surface area contributed by atoms with E-state index in [2.05, 4.69) is 15.4 Å². The smallest absolute Gasteiger partial charge is 0.276 e. The third kappa shape index (κ3) is 3.02. The zero-order valence-corrected chi connectivity index (χ0v) is 13.8. The number of aromatic nitrogens is 3. The lowest BCUT2D eigenvalue weighted by atomic mass is 9.95. The first kappa shape index (κ1) is 15.8. The number of carbonyl (C=O) groups excluding carboxylic acids is 1. The van der Waals surface area contributed by atoms with Gasteiger partial charge in [-0.25, -0.2) is 9.50 Å². The van der Waals surface area contributed by atoms with Crippen molar-refractivity contribution in [3.8, 4) is 0 Å². The van der Waals surface area contributed by atoms with Crippen molar-refractivity contribution in [2.75, 3.05) is 0 Å². The number of carbonyl (C=O) groups is 1. The third-order valence-electron chi connectivity index (χ3n) is 4.65. The number of hydrogen-bond donors (Lipinski definition) is 2. The number of nitrogens with zero attached hydrogens (tertiary/aromatic N) is 2. The van der Waals surface area contributed by atoms with Gasteiger partial charge in [0.15, 0.2) is 5.65 Å². The summed E-state index contributed by atoms with van der Waals surface area (Å²) in [4.78, 5) is 29.6. The van der Waals surface area contributed by atoms with E-state index in [1.807, 2.05) is 13.8 Å². The standard InChI is InChI=1S/C17H24N4O2/c1-3-7-13-11(2)19-15-14(10-18-21(15)17(13)23)16(22)20-12-8-5-4-6-9-12/h10,12,18H,3-9H2,1-2H3,(H,20,22). The molecule has 0 spiro atoms. The highest BCUT2D eigenvalue weighted by Crippen LogP contribution is 2.18. The molecule has 1 aliphatic carbocycles. The Labute approximate surface area is 135 Å². The van der Waals surface area contributed by atoms with Gasteiger partial charge in [-0.05, 0) is 26.2 Å². The van der Waals surface area contributed by atoms with E-state index >= 15 is 0 Å². The summed E-state index contributed by atoms with van der Waals surface area (Å²) in [6.45, 7) is 3.87. The summed E-state index contributed by atoms with van der Waals surface area (Å²) in [6, 6.07) is 0.235. The maximum absolute atomic E-state index is 12.5. The fourth-order valence-corrected chi connectivity index (χ4v) is 3.37. The van der Waals surface area contributed by atoms with Crippen LogP contribution >= 0.6 is 0 Å². The van der Waals surface area contributed by atoms with Crippen LogP contribution in [0.25, 0.3) is 5.65 Å². The molecule has 0 aliphatic heterocycles. The quantitative estimate of drug-likeness (QED) is 0.908. The lowest BCUT2D eigenvalue weighted by Crippen LogP contribution is -2.36. The Morgan fingerprint density at radius 1 is 1.39 bits per heavy atom. The number of aryl methyl sites for hydroxylation is 1. The average Bonchev–Trinajstić information content (AvgIpc) is 2.96. The molecule has 0 unspecified atom stereocenters. The van der Waals surface area contributed by atoms with Crippen molar-refractivity contribution in [1.82, 2.24) is 19.9 Å². The highest BCUT2D eigenvalue weighted by molar-refractivity contribution is 5.99. The summed E-state index contributed by atoms with van der Waals surface area (Å²) in [5.41, 5.74) is 2.18. The summed E-state index contributed by atoms with van der Waals surface area (Å²) < 4.78 is 1.38. The monoisotopic (exact) mass is 316 g/mol. The highest BCUT2D eigenvalue weighted by atomic mass is 16.2. The first-order valence-electron chi connectivity index (χ1n) is 8.52. The zero-order valence-electron chi connectivity index (χ0n) is 13.8. The number of rotatable bonds is 4. The number of nitrogens with one attached hydrogen (secondary N) is 2. The molecule has 0 bridgehead atoms. The second-order valence-electron chi connectivity index (χ2n) is 6.39. The molecule has 0 atom stereocenters. The van der Waals surface area contributed by atoms with Gasteiger partial charge in [-0.2, -0.15) is 0 Å². The van der Waals surface area contributed by atoms with E-state index in [-0.39, 0.29) is 17.5 Å². The van der Waals surface area contributed by atoms with Gasteiger partial charge in [0.2, 0.25) is 0 Å². The molecular formula is C17H24N4O2. The van der Waals surface area contributed by atoms with Crippen LogP contribution in [0, 0.1) is 6.92 Å². The van der Waals surface area contributed by atoms with E-state index in [4.69, 9.17) is 0 Å². The van der Waals surface area contributed by atoms with Crippen LogP contribution in [0.3, 0.4) is 0 Å². The van der Waals surface area contributed by atoms with Gasteiger partial charge in [-0.1, -0.05) is 32.6 Å². The van der Waals surface area contributed by atoms with Crippen LogP contribution in [0.5, 0.6) is 0 Å². The number of hydrogen-bond acceptors (Lipinski definition) is 3. The van der Waals surface area contributed by atoms with E-state index in [1.165, 1.54) is 10.9 Å². The van der Waals surface area contributed by atoms with Crippen LogP contribution in [0.2, 0.25) is 0 Å². The minimum absolute atomic E-state index is 0.105. The molecule has 2 aromatic rings. The molecule has 2 heterocycles. The summed E-state index contributed by atoms with van der Waals surface area (Å²) in [5, 5.41) is 5.96. The van der Waals surface area contributed by atoms with Crippen LogP contribution in [0.4, 0.5) is 0 Å². The molecule has 0 saturated heterocycles. The molecule has 2 aromatic heterocycles. The topological polar surface area (TPSA) is 79.3 Å². The molecule has 0 radical (unpaired) electrons. The molecule has 23 heavy (non-hydrogen) atoms. The van der Waals surface area contributed by atoms with E-state index in [0.29, 0.717) is 28.9 Å². The van der Waals surface area contributed by atoms with Crippen molar-refractivity contribution in [1.29, 1.82) is 0 Å². The molecule has 2 N–H and O–H groups in total. The minimum Gasteiger partial charge on any atom is -0.349 e. The Balaban J connectivity index is 1.92. The third-order valence-corrected chi connectivity index (χ3v) is 4.65. The normalized spacial score (nSPS) is 15.9. The molecule has 124 valence electrons. The van der Waals surface area contributed by atoms with Gasteiger partial charge in [0.1, 0.15) is 5.56 Å². The Bertz CT molecular complexity index is 769. The summed E-state index contributed by atoms with van der Waals surface area (Å²) >= 11 is 0. The first-order valence-corrected chi connectivity index (χ1v) is 8.52. The van der Waals surface area contributed by atoms with Gasteiger partial charge in [0.05, 0.1) is 0 Å². The zero-order chi connectivity index (χ0) is 16.4. The Hall–Kier alpha value is -2.11. The molecule has 6 nitrogen and oxygen atoms in total. The van der Waals surface area contributed by atoms with Crippen LogP contribution < -0.4 is 10.9 Å². The van der Waals surface area contributed by atoms with Crippen molar-refractivity contribution in [2.24, 2.45) is 0 Å². The number of aromatic amines is 1. The maximum atomic E-state index is 12.5. The summed E-state index contributed by atoms with van der Waals surface area (Å²) in [7, 11) is 0. The SMILES string of the molecule is CCCc1c(C)nc2c(C(=O)NC3CCCCC3)c[nH]n2c1=O. The highest BCUT2D eigenvalue weighted by Gasteiger charge is 2.21. The van der Waals surface area contributed by atoms with Crippen LogP contribution in [0.15, 0.2) is 11.0 Å². The molecule has 0 aromatic carbocycles. The molecule has 1 aliphatic rings. The lowest BCUT2D eigenvalue weighted by molar-refractivity contribution is 0.0929. The predicted molar refractivity (Wildman–Crippen MR) is 88.9 cm³/mol. The molecular weight excluding hydrogens is 292 g/mol. The van der Waals surface area contributed by atoms with E-state index in [1.54, 1.807) is 6.20 Å². The molecule has 1 amide bonds. The van der Waals surface area contributed by atoms with Gasteiger partial charge in [0, 0.05) is 23.5 Å². The van der Waals surface area contributed by atoms with Crippen molar-refractivity contribution < 1.29 is 4.79 Å². The lowest BCUT2D eigenvalue weighted by Gasteiger charge is -2.22. The summed E-state index contributed by atoms with van der Waals surface area (Å²) in [5.74, 6) is -0.148. The first-order chi connectivity index (χ1) is 11.1. The van der Waals surface area contributed by atoms with Crippen molar-refractivity contribution in [3.05, 3.63) is 33.4 Å². The average molecular weight is 316 g/mol. The second-order valence-corrected chi connectivity index (χ2v) is 6.39. The fraction of sp³-hybridized carbons (Fsp3) is 0.588. The minimum atomic E-state index is -0.148. The maximum Gasteiger partial charge on any atom is 0.276 e. The second kappa shape index (κ2) is 6.56. The fourth-order valence-electron chi connectivity index (χ4n) is 3.37. The van der Waals surface area contributed by atoms with Crippen molar-refractivity contribution in [2.45, 2.75) is 64.8 Å². The number of H-pyrrole nitrogens is 1. The largest absolute Gasteiger partial charge is 0.349 e. The van der Waals surface area contributed by atoms with Gasteiger partial charge in [-0.15, -0.1) is 0 Å². The molecule has 6 heteroatoms.